The van der Waals surface area contributed by atoms with Crippen LogP contribution in [0.4, 0.5) is 0 Å². The van der Waals surface area contributed by atoms with Crippen LogP contribution in [0.1, 0.15) is 19.8 Å². The third kappa shape index (κ3) is 4.17. The molecule has 0 aliphatic carbocycles. The lowest BCUT2D eigenvalue weighted by molar-refractivity contribution is 0.126. The van der Waals surface area contributed by atoms with E-state index in [1.54, 1.807) is 7.11 Å². The first-order valence-corrected chi connectivity index (χ1v) is 5.61. The highest BCUT2D eigenvalue weighted by molar-refractivity contribution is 4.87. The predicted molar refractivity (Wildman–Crippen MR) is 59.5 cm³/mol. The maximum absolute atomic E-state index is 8.78. The van der Waals surface area contributed by atoms with Crippen LogP contribution in [0.5, 0.6) is 0 Å². The lowest BCUT2D eigenvalue weighted by atomic mass is 10.2. The zero-order chi connectivity index (χ0) is 11.1. The Bertz CT molecular complexity index is 214. The zero-order valence-electron chi connectivity index (χ0n) is 9.70. The van der Waals surface area contributed by atoms with E-state index in [4.69, 9.17) is 10.00 Å². The molecule has 0 saturated carbocycles. The highest BCUT2D eigenvalue weighted by atomic mass is 16.5. The third-order valence-electron chi connectivity index (χ3n) is 2.98. The smallest absolute Gasteiger partial charge is 0.0638 e. The normalized spacial score (nSPS) is 28.3. The Hall–Kier alpha value is -0.630. The molecule has 0 radical (unpaired) electrons. The van der Waals surface area contributed by atoms with Gasteiger partial charge in [0.05, 0.1) is 19.1 Å². The average Bonchev–Trinajstić information content (AvgIpc) is 2.40. The van der Waals surface area contributed by atoms with E-state index in [1.165, 1.54) is 0 Å². The van der Waals surface area contributed by atoms with Gasteiger partial charge in [-0.2, -0.15) is 5.26 Å². The van der Waals surface area contributed by atoms with E-state index >= 15 is 0 Å². The summed E-state index contributed by atoms with van der Waals surface area (Å²) in [5, 5.41) is 12.2. The van der Waals surface area contributed by atoms with Crippen LogP contribution in [-0.4, -0.2) is 50.3 Å². The van der Waals surface area contributed by atoms with Crippen LogP contribution < -0.4 is 5.32 Å². The van der Waals surface area contributed by atoms with Crippen LogP contribution in [0.2, 0.25) is 0 Å². The second kappa shape index (κ2) is 6.78. The summed E-state index contributed by atoms with van der Waals surface area (Å²) < 4.78 is 5.09. The number of hydrogen-bond acceptors (Lipinski definition) is 4. The lowest BCUT2D eigenvalue weighted by Gasteiger charge is -2.27. The summed E-state index contributed by atoms with van der Waals surface area (Å²) in [6.07, 6.45) is 1.75. The molecule has 1 N–H and O–H groups in total. The van der Waals surface area contributed by atoms with E-state index in [9.17, 15) is 0 Å². The van der Waals surface area contributed by atoms with Gasteiger partial charge in [-0.15, -0.1) is 0 Å². The summed E-state index contributed by atoms with van der Waals surface area (Å²) in [6.45, 7) is 5.85. The summed E-state index contributed by atoms with van der Waals surface area (Å²) >= 11 is 0. The predicted octanol–water partition coefficient (Wildman–Crippen LogP) is 0.599. The molecule has 1 heterocycles. The molecule has 1 fully saturated rings. The summed E-state index contributed by atoms with van der Waals surface area (Å²) in [4.78, 5) is 2.36. The molecule has 0 aromatic carbocycles. The number of ether oxygens (including phenoxy) is 1. The molecule has 2 unspecified atom stereocenters. The van der Waals surface area contributed by atoms with Gasteiger partial charge in [-0.05, 0) is 13.3 Å². The molecule has 86 valence electrons. The Morgan fingerprint density at radius 3 is 3.07 bits per heavy atom. The van der Waals surface area contributed by atoms with Crippen molar-refractivity contribution >= 4 is 0 Å². The molecule has 0 aromatic heterocycles. The second-order valence-corrected chi connectivity index (χ2v) is 4.14. The maximum Gasteiger partial charge on any atom is 0.0638 e. The van der Waals surface area contributed by atoms with Crippen molar-refractivity contribution in [3.05, 3.63) is 0 Å². The van der Waals surface area contributed by atoms with Gasteiger partial charge in [-0.3, -0.25) is 4.90 Å². The van der Waals surface area contributed by atoms with Crippen molar-refractivity contribution in [3.8, 4) is 6.07 Å². The van der Waals surface area contributed by atoms with Crippen LogP contribution >= 0.6 is 0 Å². The summed E-state index contributed by atoms with van der Waals surface area (Å²) in [5.74, 6) is 0. The van der Waals surface area contributed by atoms with Crippen molar-refractivity contribution in [2.24, 2.45) is 0 Å². The fourth-order valence-corrected chi connectivity index (χ4v) is 1.92. The molecular formula is C11H21N3O. The molecule has 4 nitrogen and oxygen atoms in total. The minimum absolute atomic E-state index is 0.343. The second-order valence-electron chi connectivity index (χ2n) is 4.14. The van der Waals surface area contributed by atoms with E-state index in [0.29, 0.717) is 18.5 Å². The van der Waals surface area contributed by atoms with Crippen molar-refractivity contribution < 1.29 is 4.74 Å². The Balaban J connectivity index is 2.48. The lowest BCUT2D eigenvalue weighted by Crippen LogP contribution is -2.41. The van der Waals surface area contributed by atoms with Crippen molar-refractivity contribution in [1.29, 1.82) is 5.26 Å². The molecule has 1 rings (SSSR count). The first kappa shape index (κ1) is 12.4. The Labute approximate surface area is 92.2 Å². The van der Waals surface area contributed by atoms with Crippen molar-refractivity contribution in [2.75, 3.05) is 33.4 Å². The summed E-state index contributed by atoms with van der Waals surface area (Å²) in [6, 6.07) is 3.16. The highest BCUT2D eigenvalue weighted by Gasteiger charge is 2.22. The Morgan fingerprint density at radius 2 is 2.40 bits per heavy atom. The van der Waals surface area contributed by atoms with Gasteiger partial charge in [0.1, 0.15) is 0 Å². The molecule has 1 saturated heterocycles. The molecule has 2 atom stereocenters. The van der Waals surface area contributed by atoms with E-state index < -0.39 is 0 Å². The number of nitrogens with one attached hydrogen (secondary N) is 1. The zero-order valence-corrected chi connectivity index (χ0v) is 9.70. The molecule has 1 aliphatic rings. The Kier molecular flexibility index (Phi) is 5.62. The van der Waals surface area contributed by atoms with E-state index in [-0.39, 0.29) is 0 Å². The van der Waals surface area contributed by atoms with E-state index in [0.717, 1.165) is 32.7 Å². The monoisotopic (exact) mass is 211 g/mol. The largest absolute Gasteiger partial charge is 0.383 e. The standard InChI is InChI=1S/C11H21N3O/c1-10-4-6-14(7-8-15-2)11(3-5-12)9-13-10/h10-11,13H,3-4,6-9H2,1-2H3. The molecule has 0 amide bonds. The highest BCUT2D eigenvalue weighted by Crippen LogP contribution is 2.10. The van der Waals surface area contributed by atoms with Crippen LogP contribution in [0, 0.1) is 11.3 Å². The molecule has 0 spiro atoms. The van der Waals surface area contributed by atoms with Gasteiger partial charge in [-0.1, -0.05) is 0 Å². The quantitative estimate of drug-likeness (QED) is 0.739. The molecule has 15 heavy (non-hydrogen) atoms. The number of hydrogen-bond donors (Lipinski definition) is 1. The fraction of sp³-hybridized carbons (Fsp3) is 0.909. The van der Waals surface area contributed by atoms with Gasteiger partial charge in [0.15, 0.2) is 0 Å². The first-order chi connectivity index (χ1) is 7.27. The van der Waals surface area contributed by atoms with Crippen molar-refractivity contribution in [3.63, 3.8) is 0 Å². The van der Waals surface area contributed by atoms with Gasteiger partial charge in [0, 0.05) is 38.8 Å². The van der Waals surface area contributed by atoms with Crippen LogP contribution in [0.3, 0.4) is 0 Å². The van der Waals surface area contributed by atoms with E-state index in [1.807, 2.05) is 0 Å². The van der Waals surface area contributed by atoms with Gasteiger partial charge < -0.3 is 10.1 Å². The molecule has 4 heteroatoms. The summed E-state index contributed by atoms with van der Waals surface area (Å²) in [7, 11) is 1.72. The average molecular weight is 211 g/mol. The molecule has 1 aliphatic heterocycles. The van der Waals surface area contributed by atoms with Crippen LogP contribution in [0.15, 0.2) is 0 Å². The van der Waals surface area contributed by atoms with Crippen molar-refractivity contribution in [1.82, 2.24) is 10.2 Å². The van der Waals surface area contributed by atoms with Gasteiger partial charge >= 0.3 is 0 Å². The minimum Gasteiger partial charge on any atom is -0.383 e. The molecular weight excluding hydrogens is 190 g/mol. The fourth-order valence-electron chi connectivity index (χ4n) is 1.92. The number of rotatable bonds is 4. The topological polar surface area (TPSA) is 48.3 Å². The first-order valence-electron chi connectivity index (χ1n) is 5.61. The Morgan fingerprint density at radius 1 is 1.60 bits per heavy atom. The maximum atomic E-state index is 8.78. The van der Waals surface area contributed by atoms with Gasteiger partial charge in [0.25, 0.3) is 0 Å². The molecule has 0 bridgehead atoms. The SMILES string of the molecule is COCCN1CCC(C)NCC1CC#N. The van der Waals surface area contributed by atoms with Crippen LogP contribution in [0.25, 0.3) is 0 Å². The molecule has 0 aromatic rings. The minimum atomic E-state index is 0.343. The van der Waals surface area contributed by atoms with Crippen LogP contribution in [-0.2, 0) is 4.74 Å². The summed E-state index contributed by atoms with van der Waals surface area (Å²) in [5.41, 5.74) is 0. The number of methoxy groups -OCH3 is 1. The number of nitrogens with zero attached hydrogens (tertiary/aromatic N) is 2. The number of nitriles is 1. The van der Waals surface area contributed by atoms with E-state index in [2.05, 4.69) is 23.2 Å². The van der Waals surface area contributed by atoms with Crippen molar-refractivity contribution in [2.45, 2.75) is 31.8 Å². The van der Waals surface area contributed by atoms with Gasteiger partial charge in [0.2, 0.25) is 0 Å². The third-order valence-corrected chi connectivity index (χ3v) is 2.98. The van der Waals surface area contributed by atoms with Gasteiger partial charge in [-0.25, -0.2) is 0 Å².